The first kappa shape index (κ1) is 12.4. The van der Waals surface area contributed by atoms with Gasteiger partial charge in [0, 0.05) is 10.7 Å². The average Bonchev–Trinajstić information content (AvgIpc) is 2.68. The van der Waals surface area contributed by atoms with Crippen LogP contribution < -0.4 is 4.72 Å². The highest BCUT2D eigenvalue weighted by atomic mass is 79.9. The quantitative estimate of drug-likeness (QED) is 0.905. The molecule has 0 fully saturated rings. The summed E-state index contributed by atoms with van der Waals surface area (Å²) in [5.74, 6) is 0. The molecule has 90 valence electrons. The van der Waals surface area contributed by atoms with E-state index < -0.39 is 10.0 Å². The first-order chi connectivity index (χ1) is 7.99. The smallest absolute Gasteiger partial charge is 0.263 e. The van der Waals surface area contributed by atoms with E-state index in [2.05, 4.69) is 30.8 Å². The van der Waals surface area contributed by atoms with Gasteiger partial charge in [-0.1, -0.05) is 27.5 Å². The third-order valence-electron chi connectivity index (χ3n) is 1.93. The molecule has 0 spiro atoms. The molecule has 0 aliphatic rings. The molecular formula is C9H7BrClN3O2S. The molecule has 2 aromatic rings. The zero-order valence-corrected chi connectivity index (χ0v) is 11.5. The van der Waals surface area contributed by atoms with Crippen molar-refractivity contribution in [3.63, 3.8) is 0 Å². The molecule has 2 rings (SSSR count). The van der Waals surface area contributed by atoms with Crippen molar-refractivity contribution in [1.82, 2.24) is 10.2 Å². The molecule has 1 heterocycles. The standard InChI is InChI=1S/C9H7BrClN3O2S/c10-6-1-2-9(8(11)3-6)17(15,16)14-7-4-12-13-5-7/h1-5,14H,(H,12,13). The third kappa shape index (κ3) is 2.80. The molecule has 0 radical (unpaired) electrons. The molecule has 0 atom stereocenters. The van der Waals surface area contributed by atoms with Crippen molar-refractivity contribution in [2.24, 2.45) is 0 Å². The van der Waals surface area contributed by atoms with Crippen LogP contribution in [-0.4, -0.2) is 18.6 Å². The number of halogens is 2. The predicted molar refractivity (Wildman–Crippen MR) is 68.5 cm³/mol. The highest BCUT2D eigenvalue weighted by molar-refractivity contribution is 9.10. The molecule has 5 nitrogen and oxygen atoms in total. The second kappa shape index (κ2) is 4.67. The monoisotopic (exact) mass is 335 g/mol. The maximum absolute atomic E-state index is 12.0. The minimum Gasteiger partial charge on any atom is -0.284 e. The van der Waals surface area contributed by atoms with Crippen LogP contribution in [0.5, 0.6) is 0 Å². The Kier molecular flexibility index (Phi) is 3.41. The normalized spacial score (nSPS) is 11.4. The van der Waals surface area contributed by atoms with E-state index in [1.165, 1.54) is 24.5 Å². The minimum atomic E-state index is -3.69. The van der Waals surface area contributed by atoms with Crippen LogP contribution in [0.2, 0.25) is 5.02 Å². The number of hydrogen-bond donors (Lipinski definition) is 2. The van der Waals surface area contributed by atoms with Crippen LogP contribution in [0.4, 0.5) is 5.69 Å². The van der Waals surface area contributed by atoms with E-state index in [0.29, 0.717) is 10.2 Å². The fourth-order valence-corrected chi connectivity index (χ4v) is 3.28. The van der Waals surface area contributed by atoms with Crippen molar-refractivity contribution in [1.29, 1.82) is 0 Å². The highest BCUT2D eigenvalue weighted by Gasteiger charge is 2.18. The van der Waals surface area contributed by atoms with Crippen LogP contribution >= 0.6 is 27.5 Å². The summed E-state index contributed by atoms with van der Waals surface area (Å²) in [4.78, 5) is 0.0172. The van der Waals surface area contributed by atoms with Crippen LogP contribution in [0, 0.1) is 0 Å². The number of benzene rings is 1. The van der Waals surface area contributed by atoms with E-state index >= 15 is 0 Å². The Morgan fingerprint density at radius 1 is 1.41 bits per heavy atom. The molecule has 0 saturated heterocycles. The number of anilines is 1. The summed E-state index contributed by atoms with van der Waals surface area (Å²) in [6.45, 7) is 0. The number of nitrogens with zero attached hydrogens (tertiary/aromatic N) is 1. The first-order valence-electron chi connectivity index (χ1n) is 4.46. The second-order valence-corrected chi connectivity index (χ2v) is 6.14. The molecule has 0 amide bonds. The van der Waals surface area contributed by atoms with E-state index in [9.17, 15) is 8.42 Å². The van der Waals surface area contributed by atoms with Crippen molar-refractivity contribution < 1.29 is 8.42 Å². The van der Waals surface area contributed by atoms with Gasteiger partial charge in [-0.25, -0.2) is 8.42 Å². The second-order valence-electron chi connectivity index (χ2n) is 3.17. The number of hydrogen-bond acceptors (Lipinski definition) is 3. The summed E-state index contributed by atoms with van der Waals surface area (Å²) in [5, 5.41) is 6.30. The summed E-state index contributed by atoms with van der Waals surface area (Å²) < 4.78 is 27.0. The number of H-pyrrole nitrogens is 1. The Labute approximate surface area is 111 Å². The van der Waals surface area contributed by atoms with Crippen molar-refractivity contribution in [3.05, 3.63) is 40.1 Å². The molecule has 0 saturated carbocycles. The maximum Gasteiger partial charge on any atom is 0.263 e. The molecule has 0 aliphatic carbocycles. The molecule has 1 aromatic heterocycles. The lowest BCUT2D eigenvalue weighted by Gasteiger charge is -2.07. The fraction of sp³-hybridized carbons (Fsp3) is 0. The summed E-state index contributed by atoms with van der Waals surface area (Å²) in [6, 6.07) is 4.55. The van der Waals surface area contributed by atoms with Gasteiger partial charge in [0.2, 0.25) is 0 Å². The summed E-state index contributed by atoms with van der Waals surface area (Å²) >= 11 is 9.09. The van der Waals surface area contributed by atoms with Gasteiger partial charge in [-0.2, -0.15) is 5.10 Å². The van der Waals surface area contributed by atoms with Crippen molar-refractivity contribution >= 4 is 43.2 Å². The van der Waals surface area contributed by atoms with Crippen LogP contribution in [0.25, 0.3) is 0 Å². The number of nitrogens with one attached hydrogen (secondary N) is 2. The zero-order chi connectivity index (χ0) is 12.5. The summed E-state index contributed by atoms with van der Waals surface area (Å²) in [7, 11) is -3.69. The number of rotatable bonds is 3. The topological polar surface area (TPSA) is 74.8 Å². The fourth-order valence-electron chi connectivity index (χ4n) is 1.21. The van der Waals surface area contributed by atoms with Gasteiger partial charge < -0.3 is 0 Å². The SMILES string of the molecule is O=S(=O)(Nc1cn[nH]c1)c1ccc(Br)cc1Cl. The first-order valence-corrected chi connectivity index (χ1v) is 7.11. The van der Waals surface area contributed by atoms with Gasteiger partial charge in [0.1, 0.15) is 4.90 Å². The van der Waals surface area contributed by atoms with Gasteiger partial charge in [-0.15, -0.1) is 0 Å². The van der Waals surface area contributed by atoms with Gasteiger partial charge in [-0.3, -0.25) is 9.82 Å². The summed E-state index contributed by atoms with van der Waals surface area (Å²) in [5.41, 5.74) is 0.351. The van der Waals surface area contributed by atoms with Crippen LogP contribution in [-0.2, 0) is 10.0 Å². The largest absolute Gasteiger partial charge is 0.284 e. The molecule has 0 aliphatic heterocycles. The zero-order valence-electron chi connectivity index (χ0n) is 8.31. The van der Waals surface area contributed by atoms with Crippen molar-refractivity contribution in [2.45, 2.75) is 4.90 Å². The minimum absolute atomic E-state index is 0.0172. The lowest BCUT2D eigenvalue weighted by Crippen LogP contribution is -2.12. The van der Waals surface area contributed by atoms with Gasteiger partial charge in [-0.05, 0) is 18.2 Å². The third-order valence-corrected chi connectivity index (χ3v) is 4.29. The van der Waals surface area contributed by atoms with Crippen LogP contribution in [0.3, 0.4) is 0 Å². The van der Waals surface area contributed by atoms with E-state index in [1.54, 1.807) is 6.07 Å². The molecular weight excluding hydrogens is 330 g/mol. The van der Waals surface area contributed by atoms with Crippen molar-refractivity contribution in [2.75, 3.05) is 4.72 Å². The highest BCUT2D eigenvalue weighted by Crippen LogP contribution is 2.26. The average molecular weight is 337 g/mol. The molecule has 1 aromatic carbocycles. The maximum atomic E-state index is 12.0. The van der Waals surface area contributed by atoms with Gasteiger partial charge in [0.25, 0.3) is 10.0 Å². The Balaban J connectivity index is 2.38. The van der Waals surface area contributed by atoms with E-state index in [4.69, 9.17) is 11.6 Å². The van der Waals surface area contributed by atoms with E-state index in [1.807, 2.05) is 0 Å². The van der Waals surface area contributed by atoms with Crippen LogP contribution in [0.15, 0.2) is 40.0 Å². The Hall–Kier alpha value is -1.05. The number of aromatic nitrogens is 2. The Bertz CT molecular complexity index is 628. The van der Waals surface area contributed by atoms with Crippen molar-refractivity contribution in [3.8, 4) is 0 Å². The summed E-state index contributed by atoms with van der Waals surface area (Å²) in [6.07, 6.45) is 2.80. The van der Waals surface area contributed by atoms with E-state index in [-0.39, 0.29) is 9.92 Å². The molecule has 0 bridgehead atoms. The number of sulfonamides is 1. The Morgan fingerprint density at radius 3 is 2.76 bits per heavy atom. The molecule has 0 unspecified atom stereocenters. The molecule has 2 N–H and O–H groups in total. The Morgan fingerprint density at radius 2 is 2.18 bits per heavy atom. The molecule has 17 heavy (non-hydrogen) atoms. The van der Waals surface area contributed by atoms with Gasteiger partial charge in [0.05, 0.1) is 16.9 Å². The van der Waals surface area contributed by atoms with E-state index in [0.717, 1.165) is 0 Å². The molecule has 8 heteroatoms. The van der Waals surface area contributed by atoms with Crippen LogP contribution in [0.1, 0.15) is 0 Å². The predicted octanol–water partition coefficient (Wildman–Crippen LogP) is 2.63. The lowest BCUT2D eigenvalue weighted by atomic mass is 10.4. The van der Waals surface area contributed by atoms with Gasteiger partial charge >= 0.3 is 0 Å². The number of aromatic amines is 1. The van der Waals surface area contributed by atoms with Gasteiger partial charge in [0.15, 0.2) is 0 Å². The lowest BCUT2D eigenvalue weighted by molar-refractivity contribution is 0.601.